The highest BCUT2D eigenvalue weighted by Crippen LogP contribution is 2.23. The van der Waals surface area contributed by atoms with Crippen molar-refractivity contribution in [3.63, 3.8) is 0 Å². The zero-order valence-corrected chi connectivity index (χ0v) is 9.48. The van der Waals surface area contributed by atoms with E-state index in [2.05, 4.69) is 39.5 Å². The molecular weight excluding hydrogens is 146 g/mol. The quantitative estimate of drug-likeness (QED) is 0.593. The molecule has 0 aliphatic carbocycles. The summed E-state index contributed by atoms with van der Waals surface area (Å²) in [5.74, 6) is 0. The van der Waals surface area contributed by atoms with Gasteiger partial charge in [-0.25, -0.2) is 0 Å². The van der Waals surface area contributed by atoms with E-state index in [1.807, 2.05) is 0 Å². The average Bonchev–Trinajstić information content (AvgIpc) is 2.00. The van der Waals surface area contributed by atoms with Gasteiger partial charge in [-0.05, 0) is 24.9 Å². The molecule has 0 N–H and O–H groups in total. The van der Waals surface area contributed by atoms with Crippen LogP contribution in [-0.2, 0) is 0 Å². The monoisotopic (exact) mass is 171 g/mol. The molecule has 0 amide bonds. The lowest BCUT2D eigenvalue weighted by molar-refractivity contribution is 0.181. The third-order valence-electron chi connectivity index (χ3n) is 2.47. The van der Waals surface area contributed by atoms with Gasteiger partial charge in [0, 0.05) is 6.54 Å². The third-order valence-corrected chi connectivity index (χ3v) is 2.47. The molecule has 74 valence electrons. The van der Waals surface area contributed by atoms with Gasteiger partial charge in [0.15, 0.2) is 0 Å². The molecule has 0 saturated heterocycles. The van der Waals surface area contributed by atoms with E-state index in [-0.39, 0.29) is 0 Å². The second-order valence-corrected chi connectivity index (χ2v) is 4.38. The highest BCUT2D eigenvalue weighted by Gasteiger charge is 2.18. The van der Waals surface area contributed by atoms with Crippen molar-refractivity contribution in [2.75, 3.05) is 19.6 Å². The number of rotatable bonds is 6. The molecule has 0 aliphatic rings. The first kappa shape index (κ1) is 12.0. The van der Waals surface area contributed by atoms with Crippen molar-refractivity contribution >= 4 is 0 Å². The van der Waals surface area contributed by atoms with E-state index in [4.69, 9.17) is 0 Å². The van der Waals surface area contributed by atoms with E-state index in [1.165, 1.54) is 32.5 Å². The molecule has 0 aromatic carbocycles. The van der Waals surface area contributed by atoms with E-state index in [1.54, 1.807) is 0 Å². The molecule has 0 fully saturated rings. The van der Waals surface area contributed by atoms with Crippen LogP contribution in [0.3, 0.4) is 0 Å². The van der Waals surface area contributed by atoms with Crippen LogP contribution in [0.15, 0.2) is 0 Å². The van der Waals surface area contributed by atoms with Crippen molar-refractivity contribution in [2.45, 2.75) is 47.5 Å². The second kappa shape index (κ2) is 5.58. The molecule has 0 spiro atoms. The summed E-state index contributed by atoms with van der Waals surface area (Å²) in [6, 6.07) is 0. The van der Waals surface area contributed by atoms with Crippen LogP contribution in [0.2, 0.25) is 0 Å². The maximum Gasteiger partial charge on any atom is 0.00324 e. The summed E-state index contributed by atoms with van der Waals surface area (Å²) in [6.07, 6.45) is 2.64. The van der Waals surface area contributed by atoms with Gasteiger partial charge in [-0.15, -0.1) is 0 Å². The Bertz CT molecular complexity index is 104. The fourth-order valence-electron chi connectivity index (χ4n) is 1.81. The molecular formula is C11H25N. The fraction of sp³-hybridized carbons (Fsp3) is 1.00. The molecule has 0 radical (unpaired) electrons. The molecule has 0 heterocycles. The minimum atomic E-state index is 0.501. The Hall–Kier alpha value is -0.0400. The van der Waals surface area contributed by atoms with Crippen molar-refractivity contribution in [2.24, 2.45) is 5.41 Å². The van der Waals surface area contributed by atoms with E-state index >= 15 is 0 Å². The van der Waals surface area contributed by atoms with Crippen LogP contribution in [-0.4, -0.2) is 24.5 Å². The van der Waals surface area contributed by atoms with Crippen molar-refractivity contribution in [1.29, 1.82) is 0 Å². The summed E-state index contributed by atoms with van der Waals surface area (Å²) in [5.41, 5.74) is 0.501. The van der Waals surface area contributed by atoms with Gasteiger partial charge < -0.3 is 4.90 Å². The fourth-order valence-corrected chi connectivity index (χ4v) is 1.81. The maximum absolute atomic E-state index is 2.51. The Labute approximate surface area is 78.1 Å². The largest absolute Gasteiger partial charge is 0.303 e. The predicted octanol–water partition coefficient (Wildman–Crippen LogP) is 3.15. The van der Waals surface area contributed by atoms with Gasteiger partial charge in [0.2, 0.25) is 0 Å². The summed E-state index contributed by atoms with van der Waals surface area (Å²) >= 11 is 0. The van der Waals surface area contributed by atoms with E-state index < -0.39 is 0 Å². The summed E-state index contributed by atoms with van der Waals surface area (Å²) in [4.78, 5) is 2.51. The molecule has 1 heteroatoms. The number of nitrogens with zero attached hydrogens (tertiary/aromatic N) is 1. The summed E-state index contributed by atoms with van der Waals surface area (Å²) in [6.45, 7) is 15.1. The SMILES string of the molecule is CCCC(C)(C)CN(CC)CC. The molecule has 0 bridgehead atoms. The zero-order chi connectivity index (χ0) is 9.61. The van der Waals surface area contributed by atoms with Gasteiger partial charge in [-0.1, -0.05) is 41.0 Å². The third kappa shape index (κ3) is 4.76. The molecule has 0 rings (SSSR count). The van der Waals surface area contributed by atoms with Crippen LogP contribution in [0.5, 0.6) is 0 Å². The van der Waals surface area contributed by atoms with E-state index in [0.717, 1.165) is 0 Å². The van der Waals surface area contributed by atoms with Crippen molar-refractivity contribution < 1.29 is 0 Å². The summed E-state index contributed by atoms with van der Waals surface area (Å²) in [5, 5.41) is 0. The van der Waals surface area contributed by atoms with Crippen molar-refractivity contribution in [3.8, 4) is 0 Å². The molecule has 12 heavy (non-hydrogen) atoms. The van der Waals surface area contributed by atoms with Crippen molar-refractivity contribution in [1.82, 2.24) is 4.90 Å². The topological polar surface area (TPSA) is 3.24 Å². The van der Waals surface area contributed by atoms with E-state index in [9.17, 15) is 0 Å². The molecule has 0 unspecified atom stereocenters. The average molecular weight is 171 g/mol. The molecule has 1 nitrogen and oxygen atoms in total. The van der Waals surface area contributed by atoms with Crippen LogP contribution < -0.4 is 0 Å². The summed E-state index contributed by atoms with van der Waals surface area (Å²) < 4.78 is 0. The van der Waals surface area contributed by atoms with Gasteiger partial charge in [-0.3, -0.25) is 0 Å². The lowest BCUT2D eigenvalue weighted by Gasteiger charge is -2.31. The first-order valence-electron chi connectivity index (χ1n) is 5.28. The summed E-state index contributed by atoms with van der Waals surface area (Å²) in [7, 11) is 0. The van der Waals surface area contributed by atoms with Gasteiger partial charge in [0.1, 0.15) is 0 Å². The minimum Gasteiger partial charge on any atom is -0.303 e. The Morgan fingerprint density at radius 1 is 1.00 bits per heavy atom. The van der Waals surface area contributed by atoms with Gasteiger partial charge >= 0.3 is 0 Å². The van der Waals surface area contributed by atoms with Gasteiger partial charge in [0.05, 0.1) is 0 Å². The number of hydrogen-bond acceptors (Lipinski definition) is 1. The predicted molar refractivity (Wildman–Crippen MR) is 56.5 cm³/mol. The molecule has 0 saturated carbocycles. The highest BCUT2D eigenvalue weighted by atomic mass is 15.1. The standard InChI is InChI=1S/C11H25N/c1-6-9-11(4,5)10-12(7-2)8-3/h6-10H2,1-5H3. The van der Waals surface area contributed by atoms with Crippen LogP contribution in [0, 0.1) is 5.41 Å². The Balaban J connectivity index is 3.84. The lowest BCUT2D eigenvalue weighted by Crippen LogP contribution is -2.33. The van der Waals surface area contributed by atoms with E-state index in [0.29, 0.717) is 5.41 Å². The second-order valence-electron chi connectivity index (χ2n) is 4.38. The first-order valence-corrected chi connectivity index (χ1v) is 5.28. The molecule has 0 aromatic rings. The first-order chi connectivity index (χ1) is 5.55. The maximum atomic E-state index is 2.51. The smallest absolute Gasteiger partial charge is 0.00324 e. The van der Waals surface area contributed by atoms with Crippen LogP contribution >= 0.6 is 0 Å². The molecule has 0 atom stereocenters. The van der Waals surface area contributed by atoms with Crippen LogP contribution in [0.25, 0.3) is 0 Å². The Kier molecular flexibility index (Phi) is 5.56. The highest BCUT2D eigenvalue weighted by molar-refractivity contribution is 4.72. The Morgan fingerprint density at radius 3 is 1.83 bits per heavy atom. The van der Waals surface area contributed by atoms with Gasteiger partial charge in [-0.2, -0.15) is 0 Å². The normalized spacial score (nSPS) is 12.5. The van der Waals surface area contributed by atoms with Crippen molar-refractivity contribution in [3.05, 3.63) is 0 Å². The van der Waals surface area contributed by atoms with Crippen LogP contribution in [0.4, 0.5) is 0 Å². The zero-order valence-electron chi connectivity index (χ0n) is 9.48. The number of hydrogen-bond donors (Lipinski definition) is 0. The van der Waals surface area contributed by atoms with Gasteiger partial charge in [0.25, 0.3) is 0 Å². The molecule has 0 aromatic heterocycles. The minimum absolute atomic E-state index is 0.501. The Morgan fingerprint density at radius 2 is 1.50 bits per heavy atom. The van der Waals surface area contributed by atoms with Crippen LogP contribution in [0.1, 0.15) is 47.5 Å². The lowest BCUT2D eigenvalue weighted by atomic mass is 9.87. The molecule has 0 aliphatic heterocycles.